The highest BCUT2D eigenvalue weighted by Crippen LogP contribution is 2.36. The molecule has 4 heteroatoms. The molecule has 0 N–H and O–H groups in total. The molecule has 40 heavy (non-hydrogen) atoms. The fraction of sp³-hybridized carbons (Fsp3) is 0.444. The van der Waals surface area contributed by atoms with Crippen molar-refractivity contribution >= 4 is 18.7 Å². The quantitative estimate of drug-likeness (QED) is 0.0994. The number of halogens is 2. The summed E-state index contributed by atoms with van der Waals surface area (Å²) < 4.78 is 35.2. The van der Waals surface area contributed by atoms with Crippen LogP contribution in [0.5, 0.6) is 0 Å². The van der Waals surface area contributed by atoms with Crippen molar-refractivity contribution < 1.29 is 13.2 Å². The maximum Gasteiger partial charge on any atom is 0.261 e. The molecule has 0 aliphatic heterocycles. The molecular weight excluding hydrogens is 514 g/mol. The summed E-state index contributed by atoms with van der Waals surface area (Å²) in [6, 6.07) is 21.2. The minimum absolute atomic E-state index is 0.00949. The van der Waals surface area contributed by atoms with Crippen molar-refractivity contribution in [1.82, 2.24) is 0 Å². The Labute approximate surface area is 243 Å². The van der Waals surface area contributed by atoms with Crippen LogP contribution in [-0.2, 0) is 4.43 Å². The first kappa shape index (κ1) is 33.6. The topological polar surface area (TPSA) is 9.23 Å². The minimum Gasteiger partial charge on any atom is -0.407 e. The van der Waals surface area contributed by atoms with Gasteiger partial charge in [-0.15, -0.1) is 0 Å². The third kappa shape index (κ3) is 11.5. The minimum atomic E-state index is -2.53. The first-order valence-corrected chi connectivity index (χ1v) is 17.0. The molecule has 2 aromatic carbocycles. The van der Waals surface area contributed by atoms with Gasteiger partial charge in [-0.1, -0.05) is 132 Å². The van der Waals surface area contributed by atoms with Crippen molar-refractivity contribution in [3.63, 3.8) is 0 Å². The molecule has 0 aliphatic carbocycles. The summed E-state index contributed by atoms with van der Waals surface area (Å²) in [6.45, 7) is 9.63. The van der Waals surface area contributed by atoms with Crippen molar-refractivity contribution in [3.8, 4) is 0 Å². The maximum atomic E-state index is 14.3. The predicted octanol–water partition coefficient (Wildman–Crippen LogP) is 10.3. The molecule has 0 saturated carbocycles. The average Bonchev–Trinajstić information content (AvgIpc) is 2.95. The summed E-state index contributed by atoms with van der Waals surface area (Å²) in [4.78, 5) is 0. The third-order valence-electron chi connectivity index (χ3n) is 7.11. The lowest BCUT2D eigenvalue weighted by Gasteiger charge is -2.43. The number of rotatable bonds is 18. The van der Waals surface area contributed by atoms with Gasteiger partial charge in [-0.25, -0.2) is 8.78 Å². The Bertz CT molecular complexity index is 1030. The molecule has 0 unspecified atom stereocenters. The van der Waals surface area contributed by atoms with Crippen LogP contribution in [0, 0.1) is 0 Å². The Morgan fingerprint density at radius 3 is 1.88 bits per heavy atom. The molecule has 0 spiro atoms. The van der Waals surface area contributed by atoms with Crippen LogP contribution in [0.2, 0.25) is 5.04 Å². The van der Waals surface area contributed by atoms with Crippen molar-refractivity contribution in [2.45, 2.75) is 96.9 Å². The van der Waals surface area contributed by atoms with Gasteiger partial charge < -0.3 is 4.43 Å². The zero-order chi connectivity index (χ0) is 29.1. The van der Waals surface area contributed by atoms with E-state index in [1.807, 2.05) is 24.3 Å². The summed E-state index contributed by atoms with van der Waals surface area (Å²) in [5.74, 6) is -0.563. The molecule has 0 atom stereocenters. The normalized spacial score (nSPS) is 13.6. The van der Waals surface area contributed by atoms with Gasteiger partial charge in [0.15, 0.2) is 0 Å². The zero-order valence-electron chi connectivity index (χ0n) is 25.2. The van der Waals surface area contributed by atoms with E-state index < -0.39 is 8.32 Å². The fourth-order valence-corrected chi connectivity index (χ4v) is 9.57. The molecule has 218 valence electrons. The standard InChI is InChI=1S/C36H50F2OSi/c1-5-6-7-8-9-10-11-12-16-23-32(37)29-30-33(38)24-17-15-22-31-39-40(36(2,3)4,34-25-18-13-19-26-34)35-27-20-14-21-28-35/h9-10,12-14,16,18-21,24-29H,5-8,11,15,17,22-23,30-31H2,1-4H3/b10-9+,16-12+,32-29-,33-24-. The Morgan fingerprint density at radius 1 is 0.700 bits per heavy atom. The lowest BCUT2D eigenvalue weighted by molar-refractivity contribution is 0.288. The highest BCUT2D eigenvalue weighted by Gasteiger charge is 2.49. The number of benzene rings is 2. The molecule has 0 aliphatic rings. The summed E-state index contributed by atoms with van der Waals surface area (Å²) in [6.07, 6.45) is 19.2. The van der Waals surface area contributed by atoms with E-state index in [0.29, 0.717) is 13.0 Å². The van der Waals surface area contributed by atoms with Gasteiger partial charge >= 0.3 is 0 Å². The molecule has 0 aromatic heterocycles. The molecule has 2 rings (SSSR count). The molecule has 0 radical (unpaired) electrons. The van der Waals surface area contributed by atoms with Crippen LogP contribution in [-0.4, -0.2) is 14.9 Å². The van der Waals surface area contributed by atoms with Crippen LogP contribution in [0.1, 0.15) is 91.9 Å². The van der Waals surface area contributed by atoms with E-state index in [1.165, 1.54) is 35.7 Å². The number of unbranched alkanes of at least 4 members (excludes halogenated alkanes) is 5. The first-order chi connectivity index (χ1) is 19.3. The second kappa shape index (κ2) is 18.7. The van der Waals surface area contributed by atoms with Crippen LogP contribution >= 0.6 is 0 Å². The molecule has 0 saturated heterocycles. The third-order valence-corrected chi connectivity index (χ3v) is 12.2. The highest BCUT2D eigenvalue weighted by atomic mass is 28.4. The van der Waals surface area contributed by atoms with E-state index in [4.69, 9.17) is 4.43 Å². The van der Waals surface area contributed by atoms with Gasteiger partial charge in [0.2, 0.25) is 0 Å². The van der Waals surface area contributed by atoms with Gasteiger partial charge in [-0.05, 0) is 60.0 Å². The van der Waals surface area contributed by atoms with Crippen molar-refractivity contribution in [1.29, 1.82) is 0 Å². The van der Waals surface area contributed by atoms with Gasteiger partial charge in [0.25, 0.3) is 8.32 Å². The largest absolute Gasteiger partial charge is 0.407 e. The summed E-state index contributed by atoms with van der Waals surface area (Å²) in [5, 5.41) is 2.47. The summed E-state index contributed by atoms with van der Waals surface area (Å²) in [5.41, 5.74) is 0. The number of allylic oxidation sites excluding steroid dienone is 8. The molecule has 0 heterocycles. The van der Waals surface area contributed by atoms with E-state index in [1.54, 1.807) is 6.08 Å². The van der Waals surface area contributed by atoms with Crippen LogP contribution < -0.4 is 10.4 Å². The lowest BCUT2D eigenvalue weighted by atomic mass is 10.2. The van der Waals surface area contributed by atoms with Crippen molar-refractivity contribution in [2.75, 3.05) is 6.61 Å². The van der Waals surface area contributed by atoms with Gasteiger partial charge in [-0.3, -0.25) is 0 Å². The smallest absolute Gasteiger partial charge is 0.261 e. The van der Waals surface area contributed by atoms with E-state index in [9.17, 15) is 8.78 Å². The Hall–Kier alpha value is -2.56. The SMILES string of the molecule is CCCCC/C=C/C/C=C/C/C(F)=C/C/C(F)=C/CCCCO[Si](c1ccccc1)(c1ccccc1)C(C)(C)C. The van der Waals surface area contributed by atoms with Crippen LogP contribution in [0.4, 0.5) is 8.78 Å². The van der Waals surface area contributed by atoms with E-state index in [-0.39, 0.29) is 29.5 Å². The molecule has 0 fully saturated rings. The monoisotopic (exact) mass is 564 g/mol. The average molecular weight is 565 g/mol. The van der Waals surface area contributed by atoms with Gasteiger partial charge in [0.05, 0.1) is 5.83 Å². The van der Waals surface area contributed by atoms with Gasteiger partial charge in [0.1, 0.15) is 5.83 Å². The van der Waals surface area contributed by atoms with E-state index >= 15 is 0 Å². The molecule has 2 aromatic rings. The molecular formula is C36H50F2OSi. The second-order valence-electron chi connectivity index (χ2n) is 11.4. The Balaban J connectivity index is 1.81. The van der Waals surface area contributed by atoms with Crippen LogP contribution in [0.15, 0.2) is 109 Å². The molecule has 0 bridgehead atoms. The molecule has 1 nitrogen and oxygen atoms in total. The maximum absolute atomic E-state index is 14.3. The lowest BCUT2D eigenvalue weighted by Crippen LogP contribution is -2.66. The first-order valence-electron chi connectivity index (χ1n) is 15.0. The Morgan fingerprint density at radius 2 is 1.27 bits per heavy atom. The van der Waals surface area contributed by atoms with Crippen LogP contribution in [0.3, 0.4) is 0 Å². The number of hydrogen-bond acceptors (Lipinski definition) is 1. The van der Waals surface area contributed by atoms with Crippen molar-refractivity contribution in [2.24, 2.45) is 0 Å². The predicted molar refractivity (Wildman–Crippen MR) is 172 cm³/mol. The van der Waals surface area contributed by atoms with Gasteiger partial charge in [-0.2, -0.15) is 0 Å². The van der Waals surface area contributed by atoms with Gasteiger partial charge in [0, 0.05) is 19.4 Å². The highest BCUT2D eigenvalue weighted by molar-refractivity contribution is 6.99. The fourth-order valence-electron chi connectivity index (χ4n) is 4.96. The molecule has 0 amide bonds. The Kier molecular flexibility index (Phi) is 15.7. The van der Waals surface area contributed by atoms with Crippen molar-refractivity contribution in [3.05, 3.63) is 109 Å². The van der Waals surface area contributed by atoms with E-state index in [0.717, 1.165) is 25.7 Å². The summed E-state index contributed by atoms with van der Waals surface area (Å²) >= 11 is 0. The van der Waals surface area contributed by atoms with Crippen LogP contribution in [0.25, 0.3) is 0 Å². The zero-order valence-corrected chi connectivity index (χ0v) is 26.2. The summed E-state index contributed by atoms with van der Waals surface area (Å²) in [7, 11) is -2.53. The second-order valence-corrected chi connectivity index (χ2v) is 15.7. The van der Waals surface area contributed by atoms with E-state index in [2.05, 4.69) is 88.4 Å². The number of hydrogen-bond donors (Lipinski definition) is 0.